The highest BCUT2D eigenvalue weighted by Crippen LogP contribution is 2.37. The van der Waals surface area contributed by atoms with Gasteiger partial charge in [0, 0.05) is 30.2 Å². The molecular weight excluding hydrogens is 504 g/mol. The van der Waals surface area contributed by atoms with Gasteiger partial charge >= 0.3 is 0 Å². The van der Waals surface area contributed by atoms with Gasteiger partial charge in [-0.3, -0.25) is 9.89 Å². The van der Waals surface area contributed by atoms with Crippen LogP contribution in [-0.2, 0) is 9.53 Å². The highest BCUT2D eigenvalue weighted by Gasteiger charge is 2.35. The Hall–Kier alpha value is -4.03. The number of benzene rings is 2. The molecule has 4 heterocycles. The SMILES string of the molecule is CSc1n[nH]c2nc(Nc3ccc(N4CCOCC4)cc3)nc(Nc3ccc4c(c3)NC(=O)C(C)(C)O4)c12. The first-order valence-electron chi connectivity index (χ1n) is 12.3. The molecule has 38 heavy (non-hydrogen) atoms. The van der Waals surface area contributed by atoms with Crippen molar-refractivity contribution in [1.82, 2.24) is 20.2 Å². The number of carbonyl (C=O) groups is 1. The Bertz CT molecular complexity index is 1500. The van der Waals surface area contributed by atoms with Crippen LogP contribution in [0.1, 0.15) is 13.8 Å². The van der Waals surface area contributed by atoms with Crippen LogP contribution in [0.25, 0.3) is 11.0 Å². The lowest BCUT2D eigenvalue weighted by atomic mass is 10.1. The minimum absolute atomic E-state index is 0.197. The van der Waals surface area contributed by atoms with Crippen molar-refractivity contribution in [2.24, 2.45) is 0 Å². The topological polar surface area (TPSA) is 129 Å². The number of aromatic amines is 1. The smallest absolute Gasteiger partial charge is 0.268 e. The van der Waals surface area contributed by atoms with Crippen molar-refractivity contribution in [3.63, 3.8) is 0 Å². The molecule has 4 N–H and O–H groups in total. The molecule has 196 valence electrons. The van der Waals surface area contributed by atoms with Crippen molar-refractivity contribution in [1.29, 1.82) is 0 Å². The van der Waals surface area contributed by atoms with Gasteiger partial charge in [-0.25, -0.2) is 0 Å². The maximum absolute atomic E-state index is 12.4. The third kappa shape index (κ3) is 4.68. The van der Waals surface area contributed by atoms with Gasteiger partial charge in [0.2, 0.25) is 5.95 Å². The lowest BCUT2D eigenvalue weighted by Crippen LogP contribution is -2.45. The van der Waals surface area contributed by atoms with Crippen LogP contribution >= 0.6 is 11.8 Å². The monoisotopic (exact) mass is 532 g/mol. The molecule has 1 amide bonds. The number of ether oxygens (including phenoxy) is 2. The van der Waals surface area contributed by atoms with E-state index < -0.39 is 5.60 Å². The van der Waals surface area contributed by atoms with Crippen molar-refractivity contribution in [2.45, 2.75) is 24.5 Å². The summed E-state index contributed by atoms with van der Waals surface area (Å²) in [5.41, 5.74) is 3.04. The second-order valence-electron chi connectivity index (χ2n) is 9.53. The molecule has 0 bridgehead atoms. The average Bonchev–Trinajstić information content (AvgIpc) is 3.34. The molecule has 0 saturated carbocycles. The standard InChI is InChI=1S/C26H28N8O3S/c1-26(2)24(35)29-18-14-16(6-9-19(18)37-26)27-21-20-22(32-33-23(20)38-3)31-25(30-21)28-15-4-7-17(8-5-15)34-10-12-36-13-11-34/h4-9,14H,10-13H2,1-3H3,(H,29,35)(H3,27,28,30,31,32,33). The summed E-state index contributed by atoms with van der Waals surface area (Å²) < 4.78 is 11.3. The van der Waals surface area contributed by atoms with Crippen molar-refractivity contribution >= 4 is 63.2 Å². The average molecular weight is 533 g/mol. The number of rotatable bonds is 6. The summed E-state index contributed by atoms with van der Waals surface area (Å²) in [6, 6.07) is 13.7. The molecule has 0 radical (unpaired) electrons. The molecule has 11 nitrogen and oxygen atoms in total. The van der Waals surface area contributed by atoms with Gasteiger partial charge in [0.25, 0.3) is 5.91 Å². The van der Waals surface area contributed by atoms with E-state index in [1.807, 2.05) is 36.6 Å². The van der Waals surface area contributed by atoms with Crippen LogP contribution in [0.2, 0.25) is 0 Å². The quantitative estimate of drug-likeness (QED) is 0.263. The summed E-state index contributed by atoms with van der Waals surface area (Å²) in [5, 5.41) is 18.6. The Kier molecular flexibility index (Phi) is 6.20. The number of hydrogen-bond donors (Lipinski definition) is 4. The van der Waals surface area contributed by atoms with Crippen LogP contribution in [0.5, 0.6) is 5.75 Å². The third-order valence-electron chi connectivity index (χ3n) is 6.48. The highest BCUT2D eigenvalue weighted by atomic mass is 32.2. The molecule has 0 atom stereocenters. The lowest BCUT2D eigenvalue weighted by molar-refractivity contribution is -0.129. The fourth-order valence-corrected chi connectivity index (χ4v) is 4.96. The first-order valence-corrected chi connectivity index (χ1v) is 13.5. The molecule has 2 aliphatic heterocycles. The summed E-state index contributed by atoms with van der Waals surface area (Å²) >= 11 is 1.50. The fourth-order valence-electron chi connectivity index (χ4n) is 4.43. The van der Waals surface area contributed by atoms with E-state index in [1.165, 1.54) is 11.8 Å². The molecule has 2 aliphatic rings. The van der Waals surface area contributed by atoms with Crippen LogP contribution in [0, 0.1) is 0 Å². The van der Waals surface area contributed by atoms with Crippen molar-refractivity contribution < 1.29 is 14.3 Å². The van der Waals surface area contributed by atoms with Gasteiger partial charge in [0.15, 0.2) is 11.2 Å². The fraction of sp³-hybridized carbons (Fsp3) is 0.308. The summed E-state index contributed by atoms with van der Waals surface area (Å²) in [5.74, 6) is 1.43. The first-order chi connectivity index (χ1) is 18.4. The van der Waals surface area contributed by atoms with Gasteiger partial charge in [0.1, 0.15) is 16.6 Å². The normalized spacial score (nSPS) is 16.5. The summed E-state index contributed by atoms with van der Waals surface area (Å²) in [7, 11) is 0. The minimum atomic E-state index is -0.925. The van der Waals surface area contributed by atoms with Gasteiger partial charge in [0.05, 0.1) is 24.3 Å². The van der Waals surface area contributed by atoms with Crippen LogP contribution in [0.15, 0.2) is 47.5 Å². The van der Waals surface area contributed by atoms with Crippen LogP contribution < -0.4 is 25.6 Å². The largest absolute Gasteiger partial charge is 0.476 e. The predicted molar refractivity (Wildman–Crippen MR) is 149 cm³/mol. The molecule has 2 aromatic heterocycles. The number of thioether (sulfide) groups is 1. The molecule has 0 spiro atoms. The van der Waals surface area contributed by atoms with E-state index in [9.17, 15) is 4.79 Å². The number of H-pyrrole nitrogens is 1. The van der Waals surface area contributed by atoms with Crippen molar-refractivity contribution in [3.8, 4) is 5.75 Å². The van der Waals surface area contributed by atoms with Gasteiger partial charge in [-0.1, -0.05) is 0 Å². The number of fused-ring (bicyclic) bond motifs is 2. The molecule has 1 saturated heterocycles. The Morgan fingerprint density at radius 3 is 2.55 bits per heavy atom. The van der Waals surface area contributed by atoms with Crippen LogP contribution in [0.4, 0.5) is 34.5 Å². The van der Waals surface area contributed by atoms with E-state index in [-0.39, 0.29) is 5.91 Å². The van der Waals surface area contributed by atoms with E-state index in [0.29, 0.717) is 28.9 Å². The third-order valence-corrected chi connectivity index (χ3v) is 7.16. The number of aromatic nitrogens is 4. The maximum atomic E-state index is 12.4. The molecule has 6 rings (SSSR count). The number of carbonyl (C=O) groups excluding carboxylic acids is 1. The number of hydrogen-bond acceptors (Lipinski definition) is 10. The van der Waals surface area contributed by atoms with Gasteiger partial charge in [-0.15, -0.1) is 11.8 Å². The van der Waals surface area contributed by atoms with Crippen LogP contribution in [-0.4, -0.2) is 64.2 Å². The van der Waals surface area contributed by atoms with Gasteiger partial charge in [-0.2, -0.15) is 15.1 Å². The highest BCUT2D eigenvalue weighted by molar-refractivity contribution is 7.98. The van der Waals surface area contributed by atoms with Crippen LogP contribution in [0.3, 0.4) is 0 Å². The zero-order valence-corrected chi connectivity index (χ0v) is 22.1. The Morgan fingerprint density at radius 1 is 1.03 bits per heavy atom. The van der Waals surface area contributed by atoms with Gasteiger partial charge in [-0.05, 0) is 62.6 Å². The van der Waals surface area contributed by atoms with E-state index >= 15 is 0 Å². The maximum Gasteiger partial charge on any atom is 0.268 e. The molecule has 4 aromatic rings. The Balaban J connectivity index is 1.29. The van der Waals surface area contributed by atoms with E-state index in [2.05, 4.69) is 48.2 Å². The second-order valence-corrected chi connectivity index (χ2v) is 10.3. The minimum Gasteiger partial charge on any atom is -0.476 e. The molecule has 1 fully saturated rings. The predicted octanol–water partition coefficient (Wildman–Crippen LogP) is 4.51. The van der Waals surface area contributed by atoms with E-state index in [1.54, 1.807) is 13.8 Å². The first kappa shape index (κ1) is 24.3. The molecule has 0 unspecified atom stereocenters. The molecule has 2 aromatic carbocycles. The number of nitrogens with one attached hydrogen (secondary N) is 4. The lowest BCUT2D eigenvalue weighted by Gasteiger charge is -2.31. The zero-order chi connectivity index (χ0) is 26.3. The number of morpholine rings is 1. The second kappa shape index (κ2) is 9.69. The molecular formula is C26H28N8O3S. The molecule has 0 aliphatic carbocycles. The zero-order valence-electron chi connectivity index (χ0n) is 21.3. The summed E-state index contributed by atoms with van der Waals surface area (Å²) in [6.07, 6.45) is 1.95. The van der Waals surface area contributed by atoms with Gasteiger partial charge < -0.3 is 30.3 Å². The van der Waals surface area contributed by atoms with E-state index in [0.717, 1.165) is 53.8 Å². The van der Waals surface area contributed by atoms with Crippen molar-refractivity contribution in [3.05, 3.63) is 42.5 Å². The summed E-state index contributed by atoms with van der Waals surface area (Å²) in [6.45, 7) is 6.73. The number of amides is 1. The molecule has 12 heteroatoms. The van der Waals surface area contributed by atoms with Crippen molar-refractivity contribution in [2.75, 3.05) is 53.4 Å². The summed E-state index contributed by atoms with van der Waals surface area (Å²) in [4.78, 5) is 24.1. The Labute approximate surface area is 223 Å². The number of anilines is 6. The number of nitrogens with zero attached hydrogens (tertiary/aromatic N) is 4. The Morgan fingerprint density at radius 2 is 1.79 bits per heavy atom. The van der Waals surface area contributed by atoms with E-state index in [4.69, 9.17) is 14.5 Å².